The highest BCUT2D eigenvalue weighted by atomic mass is 32.1. The van der Waals surface area contributed by atoms with Crippen LogP contribution in [0.4, 0.5) is 0 Å². The number of benzene rings is 8. The molecule has 0 aliphatic heterocycles. The maximum absolute atomic E-state index is 6.83. The van der Waals surface area contributed by atoms with Crippen LogP contribution in [-0.4, -0.2) is 9.97 Å². The largest absolute Gasteiger partial charge is 0.456 e. The maximum atomic E-state index is 6.83. The van der Waals surface area contributed by atoms with E-state index >= 15 is 0 Å². The molecule has 0 atom stereocenters. The van der Waals surface area contributed by atoms with Gasteiger partial charge in [0, 0.05) is 32.0 Å². The van der Waals surface area contributed by atoms with Crippen LogP contribution in [0.1, 0.15) is 0 Å². The first-order chi connectivity index (χ1) is 25.8. The Morgan fingerprint density at radius 3 is 1.79 bits per heavy atom. The fraction of sp³-hybridized carbons (Fsp3) is 0. The third-order valence-electron chi connectivity index (χ3n) is 10.3. The lowest BCUT2D eigenvalue weighted by atomic mass is 9.93. The summed E-state index contributed by atoms with van der Waals surface area (Å²) in [5.74, 6) is 0.713. The van der Waals surface area contributed by atoms with Crippen LogP contribution in [0.15, 0.2) is 174 Å². The molecule has 8 aromatic carbocycles. The van der Waals surface area contributed by atoms with E-state index in [2.05, 4.69) is 158 Å². The van der Waals surface area contributed by atoms with Gasteiger partial charge in [0.2, 0.25) is 0 Å². The van der Waals surface area contributed by atoms with Crippen LogP contribution >= 0.6 is 11.3 Å². The molecule has 11 rings (SSSR count). The van der Waals surface area contributed by atoms with Crippen molar-refractivity contribution in [3.63, 3.8) is 0 Å². The van der Waals surface area contributed by atoms with Crippen LogP contribution in [0.5, 0.6) is 0 Å². The number of aromatic nitrogens is 2. The van der Waals surface area contributed by atoms with Crippen LogP contribution in [0.3, 0.4) is 0 Å². The Bertz CT molecular complexity index is 3320. The highest BCUT2D eigenvalue weighted by molar-refractivity contribution is 7.26. The van der Waals surface area contributed by atoms with Crippen molar-refractivity contribution < 1.29 is 4.42 Å². The fourth-order valence-electron chi connectivity index (χ4n) is 7.84. The molecule has 11 aromatic rings. The molecule has 0 unspecified atom stereocenters. The van der Waals surface area contributed by atoms with Gasteiger partial charge in [0.1, 0.15) is 11.2 Å². The number of thiophene rings is 1. The lowest BCUT2D eigenvalue weighted by Gasteiger charge is -2.12. The summed E-state index contributed by atoms with van der Waals surface area (Å²) in [5, 5.41) is 12.4. The van der Waals surface area contributed by atoms with Gasteiger partial charge in [-0.3, -0.25) is 0 Å². The van der Waals surface area contributed by atoms with Crippen LogP contribution in [0, 0.1) is 0 Å². The molecule has 0 fully saturated rings. The van der Waals surface area contributed by atoms with Crippen molar-refractivity contribution in [3.05, 3.63) is 170 Å². The van der Waals surface area contributed by atoms with Crippen molar-refractivity contribution in [3.8, 4) is 22.6 Å². The molecular formula is C48H28N2OS. The first-order valence-electron chi connectivity index (χ1n) is 17.5. The minimum absolute atomic E-state index is 0.713. The second-order valence-electron chi connectivity index (χ2n) is 13.3. The Morgan fingerprint density at radius 2 is 1.02 bits per heavy atom. The molecule has 0 aliphatic carbocycles. The fourth-order valence-corrected chi connectivity index (χ4v) is 8.99. The van der Waals surface area contributed by atoms with E-state index in [1.165, 1.54) is 20.9 Å². The summed E-state index contributed by atoms with van der Waals surface area (Å²) in [4.78, 5) is 10.9. The summed E-state index contributed by atoms with van der Waals surface area (Å²) >= 11 is 1.76. The normalized spacial score (nSPS) is 11.8. The van der Waals surface area contributed by atoms with E-state index in [0.717, 1.165) is 81.3 Å². The number of hydrogen-bond acceptors (Lipinski definition) is 4. The Hall–Kier alpha value is -6.62. The van der Waals surface area contributed by atoms with Crippen molar-refractivity contribution in [1.82, 2.24) is 9.97 Å². The number of fused-ring (bicyclic) bond motifs is 12. The average Bonchev–Trinajstić information content (AvgIpc) is 3.60. The monoisotopic (exact) mass is 680 g/mol. The van der Waals surface area contributed by atoms with E-state index in [9.17, 15) is 0 Å². The predicted octanol–water partition coefficient (Wildman–Crippen LogP) is 13.8. The van der Waals surface area contributed by atoms with Gasteiger partial charge in [-0.05, 0) is 79.5 Å². The summed E-state index contributed by atoms with van der Waals surface area (Å²) < 4.78 is 9.10. The summed E-state index contributed by atoms with van der Waals surface area (Å²) in [6.45, 7) is 0. The van der Waals surface area contributed by atoms with Crippen molar-refractivity contribution >= 4 is 96.7 Å². The predicted molar refractivity (Wildman–Crippen MR) is 221 cm³/mol. The van der Waals surface area contributed by atoms with Gasteiger partial charge in [-0.2, -0.15) is 0 Å². The van der Waals surface area contributed by atoms with Crippen molar-refractivity contribution in [2.24, 2.45) is 0 Å². The first-order valence-corrected chi connectivity index (χ1v) is 18.3. The third-order valence-corrected chi connectivity index (χ3v) is 11.4. The average molecular weight is 681 g/mol. The van der Waals surface area contributed by atoms with Gasteiger partial charge in [0.25, 0.3) is 0 Å². The summed E-state index contributed by atoms with van der Waals surface area (Å²) in [5.41, 5.74) is 5.60. The summed E-state index contributed by atoms with van der Waals surface area (Å²) in [6, 6.07) is 60.2. The van der Waals surface area contributed by atoms with Gasteiger partial charge in [-0.25, -0.2) is 9.97 Å². The minimum atomic E-state index is 0.713. The zero-order valence-electron chi connectivity index (χ0n) is 27.9. The lowest BCUT2D eigenvalue weighted by Crippen LogP contribution is -1.94. The molecule has 3 heterocycles. The molecule has 0 saturated heterocycles. The van der Waals surface area contributed by atoms with Gasteiger partial charge >= 0.3 is 0 Å². The number of hydrogen-bond donors (Lipinski definition) is 0. The van der Waals surface area contributed by atoms with Crippen LogP contribution < -0.4 is 0 Å². The van der Waals surface area contributed by atoms with Gasteiger partial charge < -0.3 is 4.42 Å². The van der Waals surface area contributed by atoms with Crippen molar-refractivity contribution in [2.75, 3.05) is 0 Å². The molecule has 3 aromatic heterocycles. The molecule has 52 heavy (non-hydrogen) atoms. The molecule has 0 bridgehead atoms. The number of nitrogens with zero attached hydrogens (tertiary/aromatic N) is 2. The van der Waals surface area contributed by atoms with Gasteiger partial charge in [0.05, 0.1) is 15.9 Å². The summed E-state index contributed by atoms with van der Waals surface area (Å²) in [7, 11) is 0. The molecule has 0 saturated carbocycles. The molecule has 0 spiro atoms. The Kier molecular flexibility index (Phi) is 6.42. The molecule has 4 heteroatoms. The Balaban J connectivity index is 1.38. The van der Waals surface area contributed by atoms with Gasteiger partial charge in [-0.1, -0.05) is 133 Å². The van der Waals surface area contributed by atoms with Gasteiger partial charge in [0.15, 0.2) is 5.82 Å². The standard InChI is InChI=1S/C48H28N2OS/c1-2-13-30-26-33(25-24-29(30)12-1)48-49-45-37-18-7-10-23-43(37)52-47(45)46(50-48)38-20-11-19-36-34-16-5-8-21-41(34)51-42-22-9-6-17-35(42)39-27-31-14-3-4-15-32(31)28-40(39)44(36)38/h1-28H. The molecule has 242 valence electrons. The van der Waals surface area contributed by atoms with E-state index in [1.807, 2.05) is 12.1 Å². The van der Waals surface area contributed by atoms with E-state index in [0.29, 0.717) is 5.82 Å². The highest BCUT2D eigenvalue weighted by Gasteiger charge is 2.20. The highest BCUT2D eigenvalue weighted by Crippen LogP contribution is 2.44. The van der Waals surface area contributed by atoms with Crippen molar-refractivity contribution in [2.45, 2.75) is 0 Å². The molecular weight excluding hydrogens is 653 g/mol. The quantitative estimate of drug-likeness (QED) is 0.182. The second kappa shape index (κ2) is 11.5. The lowest BCUT2D eigenvalue weighted by molar-refractivity contribution is 0.663. The molecule has 0 radical (unpaired) electrons. The summed E-state index contributed by atoms with van der Waals surface area (Å²) in [6.07, 6.45) is 0. The third kappa shape index (κ3) is 4.51. The van der Waals surface area contributed by atoms with Crippen LogP contribution in [0.2, 0.25) is 0 Å². The second-order valence-corrected chi connectivity index (χ2v) is 14.4. The molecule has 0 N–H and O–H groups in total. The molecule has 0 amide bonds. The zero-order valence-corrected chi connectivity index (χ0v) is 28.7. The smallest absolute Gasteiger partial charge is 0.160 e. The topological polar surface area (TPSA) is 38.9 Å². The van der Waals surface area contributed by atoms with Crippen LogP contribution in [-0.2, 0) is 0 Å². The van der Waals surface area contributed by atoms with E-state index in [1.54, 1.807) is 11.3 Å². The first kappa shape index (κ1) is 29.1. The Morgan fingerprint density at radius 1 is 0.423 bits per heavy atom. The molecule has 3 nitrogen and oxygen atoms in total. The van der Waals surface area contributed by atoms with Gasteiger partial charge in [-0.15, -0.1) is 11.3 Å². The Labute approximate surface area is 302 Å². The van der Waals surface area contributed by atoms with E-state index in [4.69, 9.17) is 14.4 Å². The van der Waals surface area contributed by atoms with Crippen LogP contribution in [0.25, 0.3) is 108 Å². The zero-order chi connectivity index (χ0) is 34.2. The molecule has 0 aliphatic rings. The minimum Gasteiger partial charge on any atom is -0.456 e. The number of para-hydroxylation sites is 2. The SMILES string of the molecule is c1ccc2cc(-c3nc(-c4cccc5c6ccccc6oc6ccccc6c6cc7ccccc7cc6c45)c4sc5ccccc5c4n3)ccc2c1. The van der Waals surface area contributed by atoms with E-state index < -0.39 is 0 Å². The van der Waals surface area contributed by atoms with Crippen molar-refractivity contribution in [1.29, 1.82) is 0 Å². The maximum Gasteiger partial charge on any atom is 0.160 e. The number of rotatable bonds is 2. The van der Waals surface area contributed by atoms with E-state index in [-0.39, 0.29) is 0 Å².